The lowest BCUT2D eigenvalue weighted by molar-refractivity contribution is 0.0587. The zero-order chi connectivity index (χ0) is 12.7. The predicted molar refractivity (Wildman–Crippen MR) is 64.1 cm³/mol. The molecule has 6 heteroatoms. The Labute approximate surface area is 105 Å². The van der Waals surface area contributed by atoms with Crippen molar-refractivity contribution in [2.45, 2.75) is 12.5 Å². The zero-order valence-corrected chi connectivity index (χ0v) is 10.3. The second kappa shape index (κ2) is 7.21. The molecule has 5 nitrogen and oxygen atoms in total. The summed E-state index contributed by atoms with van der Waals surface area (Å²) in [6.45, 7) is 0.614. The molecular weight excluding hydrogens is 244 g/mol. The van der Waals surface area contributed by atoms with Gasteiger partial charge in [-0.05, 0) is 18.6 Å². The number of aliphatic hydroxyl groups is 1. The number of rotatable bonds is 6. The van der Waals surface area contributed by atoms with Crippen molar-refractivity contribution in [3.63, 3.8) is 0 Å². The first-order valence-corrected chi connectivity index (χ1v) is 5.58. The van der Waals surface area contributed by atoms with E-state index in [0.29, 0.717) is 18.0 Å². The van der Waals surface area contributed by atoms with E-state index >= 15 is 0 Å². The van der Waals surface area contributed by atoms with Crippen LogP contribution < -0.4 is 5.32 Å². The first-order chi connectivity index (χ1) is 8.13. The molecule has 0 aliphatic heterocycles. The highest BCUT2D eigenvalue weighted by Crippen LogP contribution is 2.07. The molecule has 1 atom stereocenters. The number of carbonyl (C=O) groups is 1. The van der Waals surface area contributed by atoms with Crippen molar-refractivity contribution < 1.29 is 14.6 Å². The summed E-state index contributed by atoms with van der Waals surface area (Å²) in [7, 11) is 1.51. The van der Waals surface area contributed by atoms with Crippen LogP contribution in [0.15, 0.2) is 18.3 Å². The summed E-state index contributed by atoms with van der Waals surface area (Å²) >= 11 is 5.74. The van der Waals surface area contributed by atoms with Gasteiger partial charge in [0.15, 0.2) is 0 Å². The molecule has 1 aromatic rings. The van der Waals surface area contributed by atoms with Crippen LogP contribution in [0.3, 0.4) is 0 Å². The van der Waals surface area contributed by atoms with Crippen LogP contribution in [-0.4, -0.2) is 42.4 Å². The maximum Gasteiger partial charge on any atom is 0.269 e. The van der Waals surface area contributed by atoms with Gasteiger partial charge in [-0.15, -0.1) is 0 Å². The van der Waals surface area contributed by atoms with E-state index in [1.165, 1.54) is 19.4 Å². The standard InChI is InChI=1S/C11H15ClN2O3/c1-17-7-9(15)3-5-14-11(16)10-6-8(12)2-4-13-10/h2,4,6,9,15H,3,5,7H2,1H3,(H,14,16). The quantitative estimate of drug-likeness (QED) is 0.794. The summed E-state index contributed by atoms with van der Waals surface area (Å²) < 4.78 is 4.77. The van der Waals surface area contributed by atoms with E-state index in [1.807, 2.05) is 0 Å². The predicted octanol–water partition coefficient (Wildman–Crippen LogP) is 0.862. The Kier molecular flexibility index (Phi) is 5.90. The molecule has 1 amide bonds. The molecule has 0 saturated heterocycles. The first-order valence-electron chi connectivity index (χ1n) is 5.20. The molecule has 0 aromatic carbocycles. The third kappa shape index (κ3) is 5.12. The van der Waals surface area contributed by atoms with Gasteiger partial charge in [-0.3, -0.25) is 9.78 Å². The van der Waals surface area contributed by atoms with Gasteiger partial charge in [0.25, 0.3) is 5.91 Å². The summed E-state index contributed by atoms with van der Waals surface area (Å²) in [5.74, 6) is -0.308. The van der Waals surface area contributed by atoms with E-state index in [9.17, 15) is 9.90 Å². The Bertz CT molecular complexity index is 373. The molecular formula is C11H15ClN2O3. The number of pyridine rings is 1. The Morgan fingerprint density at radius 3 is 3.12 bits per heavy atom. The van der Waals surface area contributed by atoms with E-state index in [-0.39, 0.29) is 18.2 Å². The van der Waals surface area contributed by atoms with Crippen LogP contribution in [0, 0.1) is 0 Å². The van der Waals surface area contributed by atoms with Gasteiger partial charge < -0.3 is 15.2 Å². The van der Waals surface area contributed by atoms with Crippen molar-refractivity contribution >= 4 is 17.5 Å². The normalized spacial score (nSPS) is 12.2. The minimum Gasteiger partial charge on any atom is -0.391 e. The third-order valence-electron chi connectivity index (χ3n) is 2.08. The molecule has 1 unspecified atom stereocenters. The minimum atomic E-state index is -0.576. The second-order valence-corrected chi connectivity index (χ2v) is 3.95. The molecule has 94 valence electrons. The summed E-state index contributed by atoms with van der Waals surface area (Å²) in [6, 6.07) is 3.09. The monoisotopic (exact) mass is 258 g/mol. The molecule has 0 spiro atoms. The van der Waals surface area contributed by atoms with Crippen LogP contribution in [0.5, 0.6) is 0 Å². The highest BCUT2D eigenvalue weighted by atomic mass is 35.5. The molecule has 1 rings (SSSR count). The number of nitrogens with one attached hydrogen (secondary N) is 1. The molecule has 0 saturated carbocycles. The van der Waals surface area contributed by atoms with Crippen molar-refractivity contribution in [2.75, 3.05) is 20.3 Å². The lowest BCUT2D eigenvalue weighted by Gasteiger charge is -2.09. The van der Waals surface area contributed by atoms with Gasteiger partial charge in [0.05, 0.1) is 12.7 Å². The number of methoxy groups -OCH3 is 1. The SMILES string of the molecule is COCC(O)CCNC(=O)c1cc(Cl)ccn1. The van der Waals surface area contributed by atoms with Crippen molar-refractivity contribution in [3.05, 3.63) is 29.0 Å². The van der Waals surface area contributed by atoms with Crippen molar-refractivity contribution in [3.8, 4) is 0 Å². The molecule has 17 heavy (non-hydrogen) atoms. The average Bonchev–Trinajstić information content (AvgIpc) is 2.29. The second-order valence-electron chi connectivity index (χ2n) is 3.51. The molecule has 0 aliphatic rings. The maximum atomic E-state index is 11.6. The van der Waals surface area contributed by atoms with E-state index in [2.05, 4.69) is 10.3 Å². The fourth-order valence-electron chi connectivity index (χ4n) is 1.25. The fourth-order valence-corrected chi connectivity index (χ4v) is 1.41. The average molecular weight is 259 g/mol. The highest BCUT2D eigenvalue weighted by molar-refractivity contribution is 6.30. The number of nitrogens with zero attached hydrogens (tertiary/aromatic N) is 1. The summed E-state index contributed by atoms with van der Waals surface area (Å²) in [4.78, 5) is 15.5. The van der Waals surface area contributed by atoms with Crippen molar-refractivity contribution in [1.29, 1.82) is 0 Å². The van der Waals surface area contributed by atoms with Gasteiger partial charge in [0, 0.05) is 24.9 Å². The van der Waals surface area contributed by atoms with Crippen LogP contribution in [-0.2, 0) is 4.74 Å². The van der Waals surface area contributed by atoms with Crippen LogP contribution in [0.2, 0.25) is 5.02 Å². The van der Waals surface area contributed by atoms with Gasteiger partial charge >= 0.3 is 0 Å². The van der Waals surface area contributed by atoms with Gasteiger partial charge in [-0.2, -0.15) is 0 Å². The lowest BCUT2D eigenvalue weighted by atomic mass is 10.2. The zero-order valence-electron chi connectivity index (χ0n) is 9.52. The number of carbonyl (C=O) groups excluding carboxylic acids is 1. The largest absolute Gasteiger partial charge is 0.391 e. The van der Waals surface area contributed by atoms with Crippen LogP contribution in [0.1, 0.15) is 16.9 Å². The Balaban J connectivity index is 2.35. The van der Waals surface area contributed by atoms with E-state index in [0.717, 1.165) is 0 Å². The molecule has 0 bridgehead atoms. The molecule has 2 N–H and O–H groups in total. The van der Waals surface area contributed by atoms with Crippen LogP contribution in [0.4, 0.5) is 0 Å². The molecule has 0 fully saturated rings. The number of aliphatic hydroxyl groups excluding tert-OH is 1. The molecule has 1 aromatic heterocycles. The molecule has 1 heterocycles. The summed E-state index contributed by atoms with van der Waals surface area (Å²) in [5, 5.41) is 12.5. The Morgan fingerprint density at radius 2 is 2.47 bits per heavy atom. The third-order valence-corrected chi connectivity index (χ3v) is 2.31. The number of aromatic nitrogens is 1. The maximum absolute atomic E-state index is 11.6. The number of amides is 1. The number of hydrogen-bond donors (Lipinski definition) is 2. The summed E-state index contributed by atoms with van der Waals surface area (Å²) in [5.41, 5.74) is 0.263. The number of halogens is 1. The van der Waals surface area contributed by atoms with Crippen molar-refractivity contribution in [2.24, 2.45) is 0 Å². The Morgan fingerprint density at radius 1 is 1.71 bits per heavy atom. The molecule has 0 radical (unpaired) electrons. The summed E-state index contributed by atoms with van der Waals surface area (Å²) in [6.07, 6.45) is 1.32. The van der Waals surface area contributed by atoms with E-state index < -0.39 is 6.10 Å². The van der Waals surface area contributed by atoms with Crippen molar-refractivity contribution in [1.82, 2.24) is 10.3 Å². The number of ether oxygens (including phenoxy) is 1. The highest BCUT2D eigenvalue weighted by Gasteiger charge is 2.08. The van der Waals surface area contributed by atoms with Gasteiger partial charge in [0.2, 0.25) is 0 Å². The fraction of sp³-hybridized carbons (Fsp3) is 0.455. The smallest absolute Gasteiger partial charge is 0.269 e. The van der Waals surface area contributed by atoms with Crippen LogP contribution >= 0.6 is 11.6 Å². The van der Waals surface area contributed by atoms with Gasteiger partial charge in [-0.1, -0.05) is 11.6 Å². The minimum absolute atomic E-state index is 0.255. The van der Waals surface area contributed by atoms with Gasteiger partial charge in [0.1, 0.15) is 5.69 Å². The topological polar surface area (TPSA) is 71.5 Å². The lowest BCUT2D eigenvalue weighted by Crippen LogP contribution is -2.29. The van der Waals surface area contributed by atoms with Gasteiger partial charge in [-0.25, -0.2) is 0 Å². The molecule has 0 aliphatic carbocycles. The Hall–Kier alpha value is -1.17. The van der Waals surface area contributed by atoms with E-state index in [1.54, 1.807) is 6.07 Å². The van der Waals surface area contributed by atoms with E-state index in [4.69, 9.17) is 16.3 Å². The number of hydrogen-bond acceptors (Lipinski definition) is 4. The first kappa shape index (κ1) is 13.9. The van der Waals surface area contributed by atoms with Crippen LogP contribution in [0.25, 0.3) is 0 Å².